The molecule has 0 spiro atoms. The summed E-state index contributed by atoms with van der Waals surface area (Å²) in [5.74, 6) is 1.14. The van der Waals surface area contributed by atoms with Crippen LogP contribution in [-0.4, -0.2) is 42.2 Å². The summed E-state index contributed by atoms with van der Waals surface area (Å²) >= 11 is 2.91. The van der Waals surface area contributed by atoms with Crippen LogP contribution in [0.1, 0.15) is 20.8 Å². The quantitative estimate of drug-likeness (QED) is 0.325. The molecule has 0 atom stereocenters. The molecular formula is C22H24N8OS2. The molecule has 0 saturated heterocycles. The Morgan fingerprint density at radius 3 is 2.91 bits per heavy atom. The second-order valence-electron chi connectivity index (χ2n) is 8.88. The van der Waals surface area contributed by atoms with Crippen molar-refractivity contribution in [2.75, 3.05) is 18.8 Å². The Balaban J connectivity index is 1.54. The molecule has 0 bridgehead atoms. The van der Waals surface area contributed by atoms with Gasteiger partial charge in [0.15, 0.2) is 22.1 Å². The number of aromatic nitrogens is 6. The number of furan rings is 1. The third kappa shape index (κ3) is 4.56. The lowest BCUT2D eigenvalue weighted by Crippen LogP contribution is -2.29. The van der Waals surface area contributed by atoms with Crippen molar-refractivity contribution < 1.29 is 4.42 Å². The molecule has 4 heterocycles. The van der Waals surface area contributed by atoms with Crippen LogP contribution in [0, 0.1) is 5.41 Å². The van der Waals surface area contributed by atoms with Gasteiger partial charge in [-0.3, -0.25) is 0 Å². The van der Waals surface area contributed by atoms with Crippen LogP contribution in [0.25, 0.3) is 32.7 Å². The zero-order valence-electron chi connectivity index (χ0n) is 18.6. The number of nitrogens with two attached hydrogens (primary N) is 1. The summed E-state index contributed by atoms with van der Waals surface area (Å²) in [5.41, 5.74) is 9.44. The second-order valence-corrected chi connectivity index (χ2v) is 10.7. The highest BCUT2D eigenvalue weighted by Crippen LogP contribution is 2.40. The monoisotopic (exact) mass is 480 g/mol. The van der Waals surface area contributed by atoms with Gasteiger partial charge in [0.25, 0.3) is 0 Å². The molecular weight excluding hydrogens is 456 g/mol. The van der Waals surface area contributed by atoms with Crippen LogP contribution in [0.3, 0.4) is 0 Å². The lowest BCUT2D eigenvalue weighted by atomic mass is 9.97. The number of rotatable bonds is 7. The van der Waals surface area contributed by atoms with Gasteiger partial charge in [0, 0.05) is 30.1 Å². The first-order valence-electron chi connectivity index (χ1n) is 10.5. The Labute approximate surface area is 199 Å². The van der Waals surface area contributed by atoms with E-state index >= 15 is 0 Å². The van der Waals surface area contributed by atoms with E-state index in [4.69, 9.17) is 15.1 Å². The van der Waals surface area contributed by atoms with Crippen LogP contribution in [0.2, 0.25) is 0 Å². The summed E-state index contributed by atoms with van der Waals surface area (Å²) in [5, 5.41) is 8.54. The van der Waals surface area contributed by atoms with Crippen molar-refractivity contribution in [2.24, 2.45) is 5.41 Å². The molecule has 33 heavy (non-hydrogen) atoms. The molecule has 0 radical (unpaired) electrons. The van der Waals surface area contributed by atoms with Gasteiger partial charge in [-0.1, -0.05) is 37.0 Å². The molecule has 0 aliphatic rings. The number of imidazole rings is 1. The average Bonchev–Trinajstić information content (AvgIpc) is 3.51. The Hall–Kier alpha value is -3.02. The first-order chi connectivity index (χ1) is 15.9. The van der Waals surface area contributed by atoms with Crippen molar-refractivity contribution >= 4 is 50.5 Å². The number of hydrogen-bond donors (Lipinski definition) is 2. The Bertz CT molecular complexity index is 1400. The molecule has 0 aliphatic heterocycles. The zero-order valence-corrected chi connectivity index (χ0v) is 20.2. The molecule has 9 nitrogen and oxygen atoms in total. The number of nitrogen functional groups attached to an aromatic ring is 1. The second kappa shape index (κ2) is 8.73. The Morgan fingerprint density at radius 1 is 1.24 bits per heavy atom. The van der Waals surface area contributed by atoms with Crippen molar-refractivity contribution in [3.63, 3.8) is 0 Å². The fourth-order valence-electron chi connectivity index (χ4n) is 3.48. The van der Waals surface area contributed by atoms with Gasteiger partial charge in [-0.25, -0.2) is 15.0 Å². The van der Waals surface area contributed by atoms with Crippen LogP contribution >= 0.6 is 23.3 Å². The number of nitrogens with zero attached hydrogens (tertiary/aromatic N) is 6. The minimum Gasteiger partial charge on any atom is -0.464 e. The van der Waals surface area contributed by atoms with Gasteiger partial charge >= 0.3 is 0 Å². The summed E-state index contributed by atoms with van der Waals surface area (Å²) in [7, 11) is 0. The third-order valence-corrected chi connectivity index (χ3v) is 6.77. The van der Waals surface area contributed by atoms with Gasteiger partial charge in [0.1, 0.15) is 17.6 Å². The van der Waals surface area contributed by atoms with Crippen LogP contribution in [0.4, 0.5) is 5.82 Å². The molecule has 3 N–H and O–H groups in total. The van der Waals surface area contributed by atoms with E-state index in [-0.39, 0.29) is 5.41 Å². The normalized spacial score (nSPS) is 12.2. The lowest BCUT2D eigenvalue weighted by molar-refractivity contribution is 0.375. The third-order valence-electron chi connectivity index (χ3n) is 5.03. The van der Waals surface area contributed by atoms with Gasteiger partial charge < -0.3 is 20.0 Å². The van der Waals surface area contributed by atoms with Crippen molar-refractivity contribution in [3.05, 3.63) is 36.9 Å². The summed E-state index contributed by atoms with van der Waals surface area (Å²) < 4.78 is 12.9. The maximum absolute atomic E-state index is 6.13. The van der Waals surface area contributed by atoms with Gasteiger partial charge in [-0.15, -0.1) is 5.10 Å². The summed E-state index contributed by atoms with van der Waals surface area (Å²) in [6, 6.07) is 7.90. The van der Waals surface area contributed by atoms with Crippen LogP contribution in [0.5, 0.6) is 0 Å². The van der Waals surface area contributed by atoms with Crippen LogP contribution in [0.15, 0.2) is 51.3 Å². The van der Waals surface area contributed by atoms with E-state index in [9.17, 15) is 0 Å². The number of anilines is 1. The van der Waals surface area contributed by atoms with Gasteiger partial charge in [0.05, 0.1) is 11.0 Å². The topological polar surface area (TPSA) is 121 Å². The van der Waals surface area contributed by atoms with E-state index < -0.39 is 0 Å². The fourth-order valence-corrected chi connectivity index (χ4v) is 5.21. The highest BCUT2D eigenvalue weighted by atomic mass is 32.2. The molecule has 11 heteroatoms. The fraction of sp³-hybridized carbons (Fsp3) is 0.318. The highest BCUT2D eigenvalue weighted by Gasteiger charge is 2.20. The molecule has 0 aliphatic carbocycles. The maximum atomic E-state index is 6.13. The standard InChI is InChI=1S/C22H24N8OS2/c1-22(2,3)11-24-6-7-30-20-18(19(23)25-12-26-20)27-21(30)32-16-10-17-14(28-29-33-17)9-13(16)15-5-4-8-31-15/h4-5,8-10,12,24H,6-7,11H2,1-3H3,(H2,23,25,26). The maximum Gasteiger partial charge on any atom is 0.175 e. The SMILES string of the molecule is CC(C)(C)CNCCn1c(Sc2cc3snnc3cc2-c2ccco2)nc2c(N)ncnc21. The van der Waals surface area contributed by atoms with Crippen molar-refractivity contribution in [3.8, 4) is 11.3 Å². The highest BCUT2D eigenvalue weighted by molar-refractivity contribution is 7.99. The van der Waals surface area contributed by atoms with Crippen LogP contribution in [-0.2, 0) is 6.54 Å². The summed E-state index contributed by atoms with van der Waals surface area (Å²) in [6.07, 6.45) is 3.15. The van der Waals surface area contributed by atoms with E-state index in [1.165, 1.54) is 17.9 Å². The van der Waals surface area contributed by atoms with Gasteiger partial charge in [0.2, 0.25) is 0 Å². The van der Waals surface area contributed by atoms with E-state index in [0.717, 1.165) is 50.3 Å². The predicted molar refractivity (Wildman–Crippen MR) is 131 cm³/mol. The largest absolute Gasteiger partial charge is 0.464 e. The first kappa shape index (κ1) is 21.8. The Kier molecular flexibility index (Phi) is 5.77. The molecule has 0 amide bonds. The van der Waals surface area contributed by atoms with Gasteiger partial charge in [-0.2, -0.15) is 0 Å². The Morgan fingerprint density at radius 2 is 2.12 bits per heavy atom. The minimum absolute atomic E-state index is 0.206. The van der Waals surface area contributed by atoms with E-state index in [2.05, 4.69) is 56.3 Å². The lowest BCUT2D eigenvalue weighted by Gasteiger charge is -2.19. The molecule has 5 rings (SSSR count). The number of benzene rings is 1. The summed E-state index contributed by atoms with van der Waals surface area (Å²) in [4.78, 5) is 14.4. The molecule has 170 valence electrons. The van der Waals surface area contributed by atoms with Gasteiger partial charge in [-0.05, 0) is 41.2 Å². The van der Waals surface area contributed by atoms with E-state index in [0.29, 0.717) is 17.9 Å². The number of fused-ring (bicyclic) bond motifs is 2. The van der Waals surface area contributed by atoms with Crippen molar-refractivity contribution in [1.82, 2.24) is 34.4 Å². The van der Waals surface area contributed by atoms with Crippen molar-refractivity contribution in [2.45, 2.75) is 37.4 Å². The van der Waals surface area contributed by atoms with Crippen LogP contribution < -0.4 is 11.1 Å². The van der Waals surface area contributed by atoms with E-state index in [1.807, 2.05) is 18.2 Å². The molecule has 0 fully saturated rings. The molecule has 5 aromatic rings. The predicted octanol–water partition coefficient (Wildman–Crippen LogP) is 4.46. The summed E-state index contributed by atoms with van der Waals surface area (Å²) in [6.45, 7) is 9.03. The minimum atomic E-state index is 0.206. The van der Waals surface area contributed by atoms with Crippen molar-refractivity contribution in [1.29, 1.82) is 0 Å². The average molecular weight is 481 g/mol. The zero-order chi connectivity index (χ0) is 23.0. The molecule has 1 aromatic carbocycles. The molecule has 4 aromatic heterocycles. The number of nitrogens with one attached hydrogen (secondary N) is 1. The molecule has 0 saturated carbocycles. The smallest absolute Gasteiger partial charge is 0.175 e. The first-order valence-corrected chi connectivity index (χ1v) is 12.1. The molecule has 0 unspecified atom stereocenters. The number of hydrogen-bond acceptors (Lipinski definition) is 10. The van der Waals surface area contributed by atoms with E-state index in [1.54, 1.807) is 18.0 Å².